The molecule has 0 saturated carbocycles. The molecule has 0 aromatic carbocycles. The molecule has 1 aliphatic rings. The Balaban J connectivity index is 1.90. The zero-order valence-electron chi connectivity index (χ0n) is 11.2. The van der Waals surface area contributed by atoms with Gasteiger partial charge in [-0.3, -0.25) is 14.6 Å². The van der Waals surface area contributed by atoms with E-state index in [4.69, 9.17) is 0 Å². The maximum Gasteiger partial charge on any atom is 0.255 e. The van der Waals surface area contributed by atoms with Crippen molar-refractivity contribution < 1.29 is 9.59 Å². The second kappa shape index (κ2) is 6.31. The van der Waals surface area contributed by atoms with Crippen LogP contribution in [-0.2, 0) is 4.79 Å². The molecule has 1 fully saturated rings. The molecule has 0 radical (unpaired) electrons. The average molecular weight is 261 g/mol. The molecule has 19 heavy (non-hydrogen) atoms. The number of piperazine rings is 1. The van der Waals surface area contributed by atoms with Crippen molar-refractivity contribution in [1.82, 2.24) is 14.8 Å². The molecule has 1 aromatic rings. The molecular formula is C14H19N3O2. The Morgan fingerprint density at radius 1 is 1.21 bits per heavy atom. The van der Waals surface area contributed by atoms with E-state index >= 15 is 0 Å². The Morgan fingerprint density at radius 2 is 1.89 bits per heavy atom. The lowest BCUT2D eigenvalue weighted by molar-refractivity contribution is -0.132. The van der Waals surface area contributed by atoms with E-state index in [1.807, 2.05) is 11.8 Å². The third-order valence-corrected chi connectivity index (χ3v) is 3.29. The summed E-state index contributed by atoms with van der Waals surface area (Å²) in [5.74, 6) is 0.187. The molecule has 2 rings (SSSR count). The van der Waals surface area contributed by atoms with Gasteiger partial charge in [-0.05, 0) is 18.6 Å². The molecule has 5 nitrogen and oxygen atoms in total. The molecule has 0 bridgehead atoms. The molecule has 0 spiro atoms. The summed E-state index contributed by atoms with van der Waals surface area (Å²) >= 11 is 0. The molecule has 0 aliphatic carbocycles. The zero-order valence-corrected chi connectivity index (χ0v) is 11.2. The Morgan fingerprint density at radius 3 is 2.47 bits per heavy atom. The summed E-state index contributed by atoms with van der Waals surface area (Å²) < 4.78 is 0. The lowest BCUT2D eigenvalue weighted by Crippen LogP contribution is -2.50. The van der Waals surface area contributed by atoms with E-state index in [0.29, 0.717) is 38.2 Å². The third kappa shape index (κ3) is 3.30. The van der Waals surface area contributed by atoms with Gasteiger partial charge < -0.3 is 9.80 Å². The smallest absolute Gasteiger partial charge is 0.255 e. The van der Waals surface area contributed by atoms with Crippen molar-refractivity contribution in [2.75, 3.05) is 26.2 Å². The van der Waals surface area contributed by atoms with Crippen molar-refractivity contribution in [3.8, 4) is 0 Å². The fraction of sp³-hybridized carbons (Fsp3) is 0.500. The second-order valence-electron chi connectivity index (χ2n) is 4.66. The van der Waals surface area contributed by atoms with E-state index in [0.717, 1.165) is 6.42 Å². The van der Waals surface area contributed by atoms with Gasteiger partial charge in [0, 0.05) is 45.0 Å². The number of hydrogen-bond acceptors (Lipinski definition) is 3. The van der Waals surface area contributed by atoms with Crippen LogP contribution in [0.15, 0.2) is 24.5 Å². The SMILES string of the molecule is CCCC(=O)N1CCN(C(=O)c2cccnc2)CC1. The first-order valence-corrected chi connectivity index (χ1v) is 6.69. The van der Waals surface area contributed by atoms with Gasteiger partial charge in [-0.25, -0.2) is 0 Å². The summed E-state index contributed by atoms with van der Waals surface area (Å²) in [6, 6.07) is 3.53. The maximum absolute atomic E-state index is 12.2. The van der Waals surface area contributed by atoms with Gasteiger partial charge in [-0.2, -0.15) is 0 Å². The lowest BCUT2D eigenvalue weighted by atomic mass is 10.2. The largest absolute Gasteiger partial charge is 0.339 e. The van der Waals surface area contributed by atoms with Crippen molar-refractivity contribution in [2.45, 2.75) is 19.8 Å². The highest BCUT2D eigenvalue weighted by molar-refractivity contribution is 5.94. The van der Waals surface area contributed by atoms with E-state index in [2.05, 4.69) is 4.98 Å². The highest BCUT2D eigenvalue weighted by Gasteiger charge is 2.24. The van der Waals surface area contributed by atoms with Gasteiger partial charge in [0.25, 0.3) is 5.91 Å². The zero-order chi connectivity index (χ0) is 13.7. The van der Waals surface area contributed by atoms with Crippen LogP contribution in [0, 0.1) is 0 Å². The molecule has 0 atom stereocenters. The minimum Gasteiger partial charge on any atom is -0.339 e. The highest BCUT2D eigenvalue weighted by atomic mass is 16.2. The number of aromatic nitrogens is 1. The van der Waals surface area contributed by atoms with Crippen LogP contribution in [0.2, 0.25) is 0 Å². The Bertz CT molecular complexity index is 439. The van der Waals surface area contributed by atoms with Gasteiger partial charge in [0.15, 0.2) is 0 Å². The molecule has 5 heteroatoms. The number of carbonyl (C=O) groups excluding carboxylic acids is 2. The van der Waals surface area contributed by atoms with Crippen LogP contribution in [-0.4, -0.2) is 52.8 Å². The molecule has 1 aromatic heterocycles. The fourth-order valence-electron chi connectivity index (χ4n) is 2.20. The first-order valence-electron chi connectivity index (χ1n) is 6.69. The molecular weight excluding hydrogens is 242 g/mol. The minimum atomic E-state index is -0.00399. The van der Waals surface area contributed by atoms with Crippen LogP contribution in [0.3, 0.4) is 0 Å². The Hall–Kier alpha value is -1.91. The predicted octanol–water partition coefficient (Wildman–Crippen LogP) is 1.17. The summed E-state index contributed by atoms with van der Waals surface area (Å²) in [5.41, 5.74) is 0.607. The van der Waals surface area contributed by atoms with Crippen LogP contribution >= 0.6 is 0 Å². The molecule has 1 aliphatic heterocycles. The Kier molecular flexibility index (Phi) is 4.49. The molecule has 2 amide bonds. The predicted molar refractivity (Wildman–Crippen MR) is 71.6 cm³/mol. The molecule has 2 heterocycles. The lowest BCUT2D eigenvalue weighted by Gasteiger charge is -2.34. The van der Waals surface area contributed by atoms with Gasteiger partial charge in [-0.15, -0.1) is 0 Å². The number of nitrogens with zero attached hydrogens (tertiary/aromatic N) is 3. The van der Waals surface area contributed by atoms with Crippen LogP contribution in [0.4, 0.5) is 0 Å². The van der Waals surface area contributed by atoms with E-state index in [1.54, 1.807) is 29.4 Å². The van der Waals surface area contributed by atoms with Crippen LogP contribution < -0.4 is 0 Å². The second-order valence-corrected chi connectivity index (χ2v) is 4.66. The quantitative estimate of drug-likeness (QED) is 0.820. The summed E-state index contributed by atoms with van der Waals surface area (Å²) in [5, 5.41) is 0. The summed E-state index contributed by atoms with van der Waals surface area (Å²) in [6.45, 7) is 4.46. The summed E-state index contributed by atoms with van der Waals surface area (Å²) in [7, 11) is 0. The molecule has 1 saturated heterocycles. The topological polar surface area (TPSA) is 53.5 Å². The van der Waals surface area contributed by atoms with Gasteiger partial charge in [0.1, 0.15) is 0 Å². The van der Waals surface area contributed by atoms with Crippen LogP contribution in [0.5, 0.6) is 0 Å². The standard InChI is InChI=1S/C14H19N3O2/c1-2-4-13(18)16-7-9-17(10-8-16)14(19)12-5-3-6-15-11-12/h3,5-6,11H,2,4,7-10H2,1H3. The number of carbonyl (C=O) groups is 2. The summed E-state index contributed by atoms with van der Waals surface area (Å²) in [6.07, 6.45) is 4.69. The monoisotopic (exact) mass is 261 g/mol. The van der Waals surface area contributed by atoms with E-state index in [-0.39, 0.29) is 11.8 Å². The van der Waals surface area contributed by atoms with E-state index in [9.17, 15) is 9.59 Å². The van der Waals surface area contributed by atoms with E-state index < -0.39 is 0 Å². The molecule has 102 valence electrons. The van der Waals surface area contributed by atoms with Gasteiger partial charge in [0.2, 0.25) is 5.91 Å². The van der Waals surface area contributed by atoms with Gasteiger partial charge in [-0.1, -0.05) is 6.92 Å². The molecule has 0 N–H and O–H groups in total. The number of pyridine rings is 1. The van der Waals surface area contributed by atoms with Crippen molar-refractivity contribution in [3.63, 3.8) is 0 Å². The highest BCUT2D eigenvalue weighted by Crippen LogP contribution is 2.09. The van der Waals surface area contributed by atoms with Crippen LogP contribution in [0.25, 0.3) is 0 Å². The Labute approximate surface area is 113 Å². The summed E-state index contributed by atoms with van der Waals surface area (Å²) in [4.78, 5) is 31.5. The van der Waals surface area contributed by atoms with Crippen LogP contribution in [0.1, 0.15) is 30.1 Å². The average Bonchev–Trinajstić information content (AvgIpc) is 2.48. The fourth-order valence-corrected chi connectivity index (χ4v) is 2.20. The van der Waals surface area contributed by atoms with Crippen molar-refractivity contribution >= 4 is 11.8 Å². The number of rotatable bonds is 3. The normalized spacial score (nSPS) is 15.4. The first-order chi connectivity index (χ1) is 9.22. The minimum absolute atomic E-state index is 0.00399. The number of hydrogen-bond donors (Lipinski definition) is 0. The van der Waals surface area contributed by atoms with Crippen molar-refractivity contribution in [1.29, 1.82) is 0 Å². The van der Waals surface area contributed by atoms with E-state index in [1.165, 1.54) is 0 Å². The van der Waals surface area contributed by atoms with Crippen molar-refractivity contribution in [3.05, 3.63) is 30.1 Å². The molecule has 0 unspecified atom stereocenters. The van der Waals surface area contributed by atoms with Crippen molar-refractivity contribution in [2.24, 2.45) is 0 Å². The first kappa shape index (κ1) is 13.5. The van der Waals surface area contributed by atoms with Gasteiger partial charge >= 0.3 is 0 Å². The number of amides is 2. The van der Waals surface area contributed by atoms with Gasteiger partial charge in [0.05, 0.1) is 5.56 Å². The third-order valence-electron chi connectivity index (χ3n) is 3.29. The maximum atomic E-state index is 12.2.